The van der Waals surface area contributed by atoms with E-state index in [-0.39, 0.29) is 36.1 Å². The van der Waals surface area contributed by atoms with Gasteiger partial charge in [-0.2, -0.15) is 5.10 Å². The van der Waals surface area contributed by atoms with E-state index in [1.807, 2.05) is 18.2 Å². The zero-order valence-corrected chi connectivity index (χ0v) is 20.7. The predicted molar refractivity (Wildman–Crippen MR) is 134 cm³/mol. The van der Waals surface area contributed by atoms with Crippen LogP contribution in [0, 0.1) is 5.92 Å². The van der Waals surface area contributed by atoms with Crippen LogP contribution in [-0.2, 0) is 16.1 Å². The standard InChI is InChI=1S/C27H29N5O5/c1-36-22-11-17-20(12-23(22)37-2)31(30-25(17)26(28)34)13-24(33)32-19-8-15(19)9-21(32)27(35)29-18-10-16(18)14-6-4-3-5-7-14/h3-7,11-12,15-16,18-19,21H,8-10,13H2,1-2H3,(H2,28,34)(H,29,35)/t15-,16-,18+,19?,21+/m1/s1. The molecule has 3 N–H and O–H groups in total. The van der Waals surface area contributed by atoms with Crippen molar-refractivity contribution in [3.63, 3.8) is 0 Å². The van der Waals surface area contributed by atoms with Gasteiger partial charge in [-0.25, -0.2) is 0 Å². The molecule has 1 unspecified atom stereocenters. The molecule has 3 fully saturated rings. The number of carbonyl (C=O) groups is 3. The van der Waals surface area contributed by atoms with Gasteiger partial charge in [0, 0.05) is 29.5 Å². The maximum absolute atomic E-state index is 13.6. The van der Waals surface area contributed by atoms with E-state index in [0.717, 1.165) is 12.8 Å². The van der Waals surface area contributed by atoms with Gasteiger partial charge in [-0.1, -0.05) is 30.3 Å². The highest BCUT2D eigenvalue weighted by atomic mass is 16.5. The highest BCUT2D eigenvalue weighted by Gasteiger charge is 2.56. The molecule has 3 aliphatic rings. The third-order valence-corrected chi connectivity index (χ3v) is 7.82. The van der Waals surface area contributed by atoms with Crippen LogP contribution in [0.25, 0.3) is 10.9 Å². The van der Waals surface area contributed by atoms with Crippen LogP contribution in [0.2, 0.25) is 0 Å². The molecule has 3 amide bonds. The summed E-state index contributed by atoms with van der Waals surface area (Å²) >= 11 is 0. The molecule has 37 heavy (non-hydrogen) atoms. The summed E-state index contributed by atoms with van der Waals surface area (Å²) in [4.78, 5) is 40.6. The number of hydrogen-bond donors (Lipinski definition) is 2. The lowest BCUT2D eigenvalue weighted by Crippen LogP contribution is -2.49. The lowest BCUT2D eigenvalue weighted by molar-refractivity contribution is -0.140. The first-order chi connectivity index (χ1) is 17.9. The summed E-state index contributed by atoms with van der Waals surface area (Å²) in [7, 11) is 3.00. The minimum Gasteiger partial charge on any atom is -0.493 e. The van der Waals surface area contributed by atoms with Crippen molar-refractivity contribution in [3.8, 4) is 11.5 Å². The van der Waals surface area contributed by atoms with Crippen molar-refractivity contribution in [2.75, 3.05) is 14.2 Å². The van der Waals surface area contributed by atoms with E-state index in [2.05, 4.69) is 22.5 Å². The minimum atomic E-state index is -0.707. The lowest BCUT2D eigenvalue weighted by atomic mass is 10.1. The van der Waals surface area contributed by atoms with Gasteiger partial charge in [0.25, 0.3) is 5.91 Å². The number of hydrogen-bond acceptors (Lipinski definition) is 6. The molecule has 2 heterocycles. The van der Waals surface area contributed by atoms with E-state index in [1.54, 1.807) is 17.0 Å². The quantitative estimate of drug-likeness (QED) is 0.483. The van der Waals surface area contributed by atoms with Crippen LogP contribution in [0.4, 0.5) is 0 Å². The first-order valence-electron chi connectivity index (χ1n) is 12.5. The van der Waals surface area contributed by atoms with Gasteiger partial charge in [0.15, 0.2) is 17.2 Å². The van der Waals surface area contributed by atoms with Crippen LogP contribution in [0.1, 0.15) is 41.2 Å². The Morgan fingerprint density at radius 3 is 2.49 bits per heavy atom. The summed E-state index contributed by atoms with van der Waals surface area (Å²) in [6.45, 7) is -0.123. The maximum atomic E-state index is 13.6. The number of amides is 3. The van der Waals surface area contributed by atoms with Crippen molar-refractivity contribution < 1.29 is 23.9 Å². The number of fused-ring (bicyclic) bond motifs is 2. The monoisotopic (exact) mass is 503 g/mol. The fourth-order valence-electron chi connectivity index (χ4n) is 5.76. The van der Waals surface area contributed by atoms with Crippen LogP contribution in [0.15, 0.2) is 42.5 Å². The van der Waals surface area contributed by atoms with Crippen molar-refractivity contribution >= 4 is 28.6 Å². The van der Waals surface area contributed by atoms with E-state index in [0.29, 0.717) is 40.7 Å². The average molecular weight is 504 g/mol. The highest BCUT2D eigenvalue weighted by molar-refractivity contribution is 6.05. The summed E-state index contributed by atoms with van der Waals surface area (Å²) in [5.41, 5.74) is 7.36. The largest absolute Gasteiger partial charge is 0.493 e. The van der Waals surface area contributed by atoms with Crippen LogP contribution < -0.4 is 20.5 Å². The van der Waals surface area contributed by atoms with Crippen molar-refractivity contribution in [2.45, 2.75) is 49.9 Å². The summed E-state index contributed by atoms with van der Waals surface area (Å²) < 4.78 is 12.2. The second-order valence-corrected chi connectivity index (χ2v) is 10.1. The Hall–Kier alpha value is -4.08. The highest BCUT2D eigenvalue weighted by Crippen LogP contribution is 2.48. The topological polar surface area (TPSA) is 129 Å². The molecule has 0 bridgehead atoms. The third-order valence-electron chi connectivity index (χ3n) is 7.82. The van der Waals surface area contributed by atoms with Crippen LogP contribution in [0.5, 0.6) is 11.5 Å². The number of carbonyl (C=O) groups excluding carboxylic acids is 3. The van der Waals surface area contributed by atoms with Crippen molar-refractivity contribution in [2.24, 2.45) is 11.7 Å². The third kappa shape index (κ3) is 4.06. The Kier molecular flexibility index (Phi) is 5.54. The summed E-state index contributed by atoms with van der Waals surface area (Å²) in [5.74, 6) is 0.520. The molecule has 6 rings (SSSR count). The van der Waals surface area contributed by atoms with Crippen LogP contribution in [0.3, 0.4) is 0 Å². The molecule has 10 heteroatoms. The molecule has 0 spiro atoms. The second kappa shape index (κ2) is 8.79. The molecule has 2 aliphatic carbocycles. The fourth-order valence-corrected chi connectivity index (χ4v) is 5.76. The average Bonchev–Trinajstić information content (AvgIpc) is 3.78. The number of primary amides is 1. The number of likely N-dealkylation sites (tertiary alicyclic amines) is 1. The summed E-state index contributed by atoms with van der Waals surface area (Å²) in [5, 5.41) is 7.98. The molecule has 1 aromatic heterocycles. The molecule has 2 saturated carbocycles. The van der Waals surface area contributed by atoms with Crippen LogP contribution in [-0.4, -0.2) is 64.7 Å². The van der Waals surface area contributed by atoms with Gasteiger partial charge < -0.3 is 25.4 Å². The molecule has 0 radical (unpaired) electrons. The smallest absolute Gasteiger partial charge is 0.269 e. The first kappa shape index (κ1) is 23.3. The van der Waals surface area contributed by atoms with Gasteiger partial charge >= 0.3 is 0 Å². The number of rotatable bonds is 8. The van der Waals surface area contributed by atoms with E-state index < -0.39 is 11.9 Å². The van der Waals surface area contributed by atoms with Gasteiger partial charge in [-0.15, -0.1) is 0 Å². The predicted octanol–water partition coefficient (Wildman–Crippen LogP) is 1.81. The molecular weight excluding hydrogens is 474 g/mol. The molecule has 10 nitrogen and oxygen atoms in total. The van der Waals surface area contributed by atoms with Gasteiger partial charge in [-0.05, 0) is 36.8 Å². The molecule has 5 atom stereocenters. The maximum Gasteiger partial charge on any atom is 0.269 e. The number of benzene rings is 2. The number of nitrogens with two attached hydrogens (primary N) is 1. The van der Waals surface area contributed by atoms with Gasteiger partial charge in [0.2, 0.25) is 11.8 Å². The SMILES string of the molecule is COc1cc2c(C(N)=O)nn(CC(=O)N3C4C[C@@H]4C[C@H]3C(=O)N[C@H]3C[C@@H]3c3ccccc3)c2cc1OC. The number of methoxy groups -OCH3 is 2. The molecule has 2 aromatic carbocycles. The Balaban J connectivity index is 1.21. The van der Waals surface area contributed by atoms with Gasteiger partial charge in [-0.3, -0.25) is 19.1 Å². The van der Waals surface area contributed by atoms with E-state index in [9.17, 15) is 14.4 Å². The normalized spacial score (nSPS) is 25.5. The number of aromatic nitrogens is 2. The second-order valence-electron chi connectivity index (χ2n) is 10.1. The Morgan fingerprint density at radius 2 is 1.78 bits per heavy atom. The van der Waals surface area contributed by atoms with Crippen molar-refractivity contribution in [1.82, 2.24) is 20.0 Å². The summed E-state index contributed by atoms with van der Waals surface area (Å²) in [6, 6.07) is 13.1. The zero-order valence-electron chi connectivity index (χ0n) is 20.7. The Bertz CT molecular complexity index is 1400. The zero-order chi connectivity index (χ0) is 25.8. The molecular formula is C27H29N5O5. The van der Waals surface area contributed by atoms with E-state index >= 15 is 0 Å². The number of nitrogens with one attached hydrogen (secondary N) is 1. The van der Waals surface area contributed by atoms with E-state index in [4.69, 9.17) is 15.2 Å². The number of ether oxygens (including phenoxy) is 2. The van der Waals surface area contributed by atoms with Crippen molar-refractivity contribution in [3.05, 3.63) is 53.7 Å². The number of nitrogens with zero attached hydrogens (tertiary/aromatic N) is 3. The van der Waals surface area contributed by atoms with Gasteiger partial charge in [0.05, 0.1) is 19.7 Å². The van der Waals surface area contributed by atoms with Gasteiger partial charge in [0.1, 0.15) is 12.6 Å². The molecule has 1 aliphatic heterocycles. The van der Waals surface area contributed by atoms with Crippen LogP contribution >= 0.6 is 0 Å². The first-order valence-corrected chi connectivity index (χ1v) is 12.5. The number of piperidine rings is 1. The minimum absolute atomic E-state index is 0.0458. The Labute approximate surface area is 213 Å². The lowest BCUT2D eigenvalue weighted by Gasteiger charge is -2.27. The molecule has 3 aromatic rings. The Morgan fingerprint density at radius 1 is 1.05 bits per heavy atom. The fraction of sp³-hybridized carbons (Fsp3) is 0.407. The molecule has 1 saturated heterocycles. The molecule has 192 valence electrons. The summed E-state index contributed by atoms with van der Waals surface area (Å²) in [6.07, 6.45) is 2.48. The van der Waals surface area contributed by atoms with E-state index in [1.165, 1.54) is 24.5 Å². The van der Waals surface area contributed by atoms with Crippen molar-refractivity contribution in [1.29, 1.82) is 0 Å².